The van der Waals surface area contributed by atoms with Gasteiger partial charge in [0.05, 0.1) is 11.7 Å². The fourth-order valence-corrected chi connectivity index (χ4v) is 3.45. The Morgan fingerprint density at radius 3 is 2.96 bits per heavy atom. The lowest BCUT2D eigenvalue weighted by Crippen LogP contribution is -2.37. The first kappa shape index (κ1) is 16.1. The van der Waals surface area contributed by atoms with Gasteiger partial charge >= 0.3 is 0 Å². The van der Waals surface area contributed by atoms with Gasteiger partial charge < -0.3 is 5.32 Å². The Balaban J connectivity index is 1.34. The Bertz CT molecular complexity index is 821. The van der Waals surface area contributed by atoms with E-state index in [1.165, 1.54) is 11.9 Å². The van der Waals surface area contributed by atoms with E-state index in [1.807, 2.05) is 6.20 Å². The molecule has 3 aromatic rings. The van der Waals surface area contributed by atoms with E-state index < -0.39 is 6.17 Å². The van der Waals surface area contributed by atoms with E-state index in [9.17, 15) is 4.39 Å². The molecule has 0 unspecified atom stereocenters. The van der Waals surface area contributed by atoms with Gasteiger partial charge in [-0.25, -0.2) is 14.4 Å². The van der Waals surface area contributed by atoms with Crippen molar-refractivity contribution in [3.8, 4) is 0 Å². The fourth-order valence-electron chi connectivity index (χ4n) is 3.45. The maximum atomic E-state index is 13.9. The van der Waals surface area contributed by atoms with Gasteiger partial charge in [0.1, 0.15) is 12.5 Å². The van der Waals surface area contributed by atoms with Crippen LogP contribution < -0.4 is 5.32 Å². The maximum absolute atomic E-state index is 13.9. The summed E-state index contributed by atoms with van der Waals surface area (Å²) in [6.07, 6.45) is 6.72. The first-order valence-corrected chi connectivity index (χ1v) is 8.52. The zero-order valence-corrected chi connectivity index (χ0v) is 13.9. The van der Waals surface area contributed by atoms with E-state index in [-0.39, 0.29) is 6.04 Å². The third-order valence-corrected chi connectivity index (χ3v) is 4.69. The fraction of sp³-hybridized carbons (Fsp3) is 0.389. The topological polar surface area (TPSA) is 69.7 Å². The molecule has 2 N–H and O–H groups in total. The summed E-state index contributed by atoms with van der Waals surface area (Å²) in [5.41, 5.74) is 3.25. The van der Waals surface area contributed by atoms with Gasteiger partial charge in [0.15, 0.2) is 0 Å². The molecule has 7 heteroatoms. The van der Waals surface area contributed by atoms with Gasteiger partial charge in [0.25, 0.3) is 0 Å². The highest BCUT2D eigenvalue weighted by molar-refractivity contribution is 5.78. The van der Waals surface area contributed by atoms with Crippen LogP contribution in [-0.4, -0.2) is 50.4 Å². The zero-order valence-electron chi connectivity index (χ0n) is 13.9. The highest BCUT2D eigenvalue weighted by Gasteiger charge is 2.31. The van der Waals surface area contributed by atoms with Gasteiger partial charge in [-0.2, -0.15) is 5.10 Å². The Morgan fingerprint density at radius 1 is 1.20 bits per heavy atom. The van der Waals surface area contributed by atoms with Crippen molar-refractivity contribution in [3.63, 3.8) is 0 Å². The Hall–Kier alpha value is -2.38. The van der Waals surface area contributed by atoms with Crippen molar-refractivity contribution in [3.05, 3.63) is 54.2 Å². The van der Waals surface area contributed by atoms with Crippen LogP contribution in [0.25, 0.3) is 10.9 Å². The Kier molecular flexibility index (Phi) is 4.67. The highest BCUT2D eigenvalue weighted by atomic mass is 19.1. The number of hydrogen-bond acceptors (Lipinski definition) is 5. The number of nitrogens with zero attached hydrogens (tertiary/aromatic N) is 4. The van der Waals surface area contributed by atoms with Crippen LogP contribution in [0.3, 0.4) is 0 Å². The van der Waals surface area contributed by atoms with Crippen molar-refractivity contribution in [1.82, 2.24) is 30.4 Å². The number of aromatic nitrogens is 4. The molecular formula is C18H21FN6. The molecule has 0 radical (unpaired) electrons. The van der Waals surface area contributed by atoms with Crippen LogP contribution in [-0.2, 0) is 13.1 Å². The standard InChI is InChI=1S/C18H21FN6/c19-16-4-17(25(11-16)10-14-6-21-12-22-7-14)9-20-5-13-1-2-15-8-23-24-18(15)3-13/h1-3,6-8,12,16-17,20H,4-5,9-11H2,(H,23,24)/t16-,17-/m0/s1. The number of rotatable bonds is 6. The number of H-pyrrole nitrogens is 1. The van der Waals surface area contributed by atoms with Gasteiger partial charge in [0.2, 0.25) is 0 Å². The maximum Gasteiger partial charge on any atom is 0.115 e. The van der Waals surface area contributed by atoms with E-state index >= 15 is 0 Å². The number of alkyl halides is 1. The van der Waals surface area contributed by atoms with E-state index in [4.69, 9.17) is 0 Å². The Labute approximate surface area is 145 Å². The summed E-state index contributed by atoms with van der Waals surface area (Å²) < 4.78 is 13.9. The van der Waals surface area contributed by atoms with E-state index in [2.05, 4.69) is 48.6 Å². The summed E-state index contributed by atoms with van der Waals surface area (Å²) in [4.78, 5) is 10.3. The lowest BCUT2D eigenvalue weighted by atomic mass is 10.1. The van der Waals surface area contributed by atoms with Crippen LogP contribution >= 0.6 is 0 Å². The lowest BCUT2D eigenvalue weighted by Gasteiger charge is -2.24. The molecule has 0 saturated carbocycles. The van der Waals surface area contributed by atoms with Gasteiger partial charge in [-0.05, 0) is 18.1 Å². The molecule has 0 amide bonds. The molecule has 25 heavy (non-hydrogen) atoms. The molecule has 1 aliphatic heterocycles. The minimum atomic E-state index is -0.766. The van der Waals surface area contributed by atoms with Crippen LogP contribution in [0.2, 0.25) is 0 Å². The van der Waals surface area contributed by atoms with Crippen molar-refractivity contribution in [2.45, 2.75) is 31.7 Å². The van der Waals surface area contributed by atoms with Crippen molar-refractivity contribution in [2.24, 2.45) is 0 Å². The summed E-state index contributed by atoms with van der Waals surface area (Å²) in [7, 11) is 0. The molecule has 0 aliphatic carbocycles. The van der Waals surface area contributed by atoms with Gasteiger partial charge in [-0.3, -0.25) is 10.00 Å². The quantitative estimate of drug-likeness (QED) is 0.719. The minimum absolute atomic E-state index is 0.186. The number of benzene rings is 1. The monoisotopic (exact) mass is 340 g/mol. The van der Waals surface area contributed by atoms with Gasteiger partial charge in [-0.15, -0.1) is 0 Å². The number of halogens is 1. The summed E-state index contributed by atoms with van der Waals surface area (Å²) in [5, 5.41) is 11.6. The second-order valence-electron chi connectivity index (χ2n) is 6.59. The van der Waals surface area contributed by atoms with Crippen LogP contribution in [0, 0.1) is 0 Å². The molecule has 0 spiro atoms. The minimum Gasteiger partial charge on any atom is -0.311 e. The molecule has 2 aromatic heterocycles. The normalized spacial score (nSPS) is 21.2. The van der Waals surface area contributed by atoms with E-state index in [1.54, 1.807) is 12.4 Å². The molecule has 130 valence electrons. The molecule has 0 bridgehead atoms. The van der Waals surface area contributed by atoms with Crippen molar-refractivity contribution >= 4 is 10.9 Å². The third kappa shape index (κ3) is 3.83. The predicted molar refractivity (Wildman–Crippen MR) is 93.5 cm³/mol. The van der Waals surface area contributed by atoms with Gasteiger partial charge in [-0.1, -0.05) is 12.1 Å². The molecule has 1 aliphatic rings. The SMILES string of the molecule is F[C@H]1C[C@@H](CNCc2ccc3cn[nH]c3c2)N(Cc2cncnc2)C1. The van der Waals surface area contributed by atoms with Gasteiger partial charge in [0, 0.05) is 55.6 Å². The molecule has 6 nitrogen and oxygen atoms in total. The third-order valence-electron chi connectivity index (χ3n) is 4.69. The van der Waals surface area contributed by atoms with E-state index in [0.29, 0.717) is 19.5 Å². The lowest BCUT2D eigenvalue weighted by molar-refractivity contribution is 0.229. The molecule has 1 aromatic carbocycles. The van der Waals surface area contributed by atoms with Crippen molar-refractivity contribution in [1.29, 1.82) is 0 Å². The van der Waals surface area contributed by atoms with Crippen LogP contribution in [0.15, 0.2) is 43.1 Å². The predicted octanol–water partition coefficient (Wildman–Crippen LogP) is 2.06. The molecule has 1 saturated heterocycles. The zero-order chi connectivity index (χ0) is 17.1. The smallest absolute Gasteiger partial charge is 0.115 e. The summed E-state index contributed by atoms with van der Waals surface area (Å²) in [6.45, 7) is 2.68. The number of hydrogen-bond donors (Lipinski definition) is 2. The first-order valence-electron chi connectivity index (χ1n) is 8.52. The van der Waals surface area contributed by atoms with Crippen LogP contribution in [0.1, 0.15) is 17.5 Å². The average Bonchev–Trinajstić information content (AvgIpc) is 3.22. The van der Waals surface area contributed by atoms with Crippen molar-refractivity contribution in [2.75, 3.05) is 13.1 Å². The van der Waals surface area contributed by atoms with Crippen LogP contribution in [0.4, 0.5) is 4.39 Å². The number of nitrogens with one attached hydrogen (secondary N) is 2. The summed E-state index contributed by atoms with van der Waals surface area (Å²) >= 11 is 0. The Morgan fingerprint density at radius 2 is 2.08 bits per heavy atom. The average molecular weight is 340 g/mol. The summed E-state index contributed by atoms with van der Waals surface area (Å²) in [5.74, 6) is 0. The van der Waals surface area contributed by atoms with E-state index in [0.717, 1.165) is 29.6 Å². The molecule has 2 atom stereocenters. The largest absolute Gasteiger partial charge is 0.311 e. The number of aromatic amines is 1. The molecule has 1 fully saturated rings. The van der Waals surface area contributed by atoms with Crippen molar-refractivity contribution < 1.29 is 4.39 Å². The molecule has 4 rings (SSSR count). The highest BCUT2D eigenvalue weighted by Crippen LogP contribution is 2.22. The second-order valence-corrected chi connectivity index (χ2v) is 6.59. The number of likely N-dealkylation sites (tertiary alicyclic amines) is 1. The summed E-state index contributed by atoms with van der Waals surface area (Å²) in [6, 6.07) is 6.44. The van der Waals surface area contributed by atoms with Crippen LogP contribution in [0.5, 0.6) is 0 Å². The first-order chi connectivity index (χ1) is 12.3. The molecule has 3 heterocycles. The second kappa shape index (κ2) is 7.25. The number of fused-ring (bicyclic) bond motifs is 1. The molecular weight excluding hydrogens is 319 g/mol.